The van der Waals surface area contributed by atoms with Gasteiger partial charge in [-0.1, -0.05) is 13.0 Å². The molecule has 3 nitrogen and oxygen atoms in total. The largest absolute Gasteiger partial charge is 0.271 e. The smallest absolute Gasteiger partial charge is 0.263 e. The number of hydrogen-bond acceptors (Lipinski definition) is 3. The van der Waals surface area contributed by atoms with Gasteiger partial charge in [-0.25, -0.2) is 0 Å². The van der Waals surface area contributed by atoms with Crippen LogP contribution in [0.4, 0.5) is 0 Å². The Balaban J connectivity index is 3.02. The Morgan fingerprint density at radius 1 is 1.54 bits per heavy atom. The molecule has 1 aliphatic rings. The molecule has 2 atom stereocenters. The first-order valence-electron chi connectivity index (χ1n) is 4.36. The SMILES string of the molecule is C=CCC1C(C)C(C)(C)OS1(=O)=O. The van der Waals surface area contributed by atoms with Gasteiger partial charge < -0.3 is 0 Å². The van der Waals surface area contributed by atoms with Crippen LogP contribution in [0.25, 0.3) is 0 Å². The lowest BCUT2D eigenvalue weighted by Crippen LogP contribution is -2.29. The van der Waals surface area contributed by atoms with Crippen molar-refractivity contribution in [2.45, 2.75) is 38.0 Å². The lowest BCUT2D eigenvalue weighted by Gasteiger charge is -2.21. The van der Waals surface area contributed by atoms with Crippen molar-refractivity contribution in [1.29, 1.82) is 0 Å². The van der Waals surface area contributed by atoms with E-state index in [1.807, 2.05) is 6.92 Å². The molecule has 0 aromatic rings. The summed E-state index contributed by atoms with van der Waals surface area (Å²) < 4.78 is 28.1. The van der Waals surface area contributed by atoms with Crippen LogP contribution in [-0.4, -0.2) is 19.3 Å². The average molecular weight is 204 g/mol. The van der Waals surface area contributed by atoms with Crippen LogP contribution in [0.3, 0.4) is 0 Å². The highest BCUT2D eigenvalue weighted by molar-refractivity contribution is 7.87. The molecule has 0 bridgehead atoms. The van der Waals surface area contributed by atoms with Crippen LogP contribution >= 0.6 is 0 Å². The topological polar surface area (TPSA) is 43.4 Å². The van der Waals surface area contributed by atoms with Crippen molar-refractivity contribution in [3.05, 3.63) is 12.7 Å². The molecule has 2 unspecified atom stereocenters. The first-order valence-corrected chi connectivity index (χ1v) is 5.84. The quantitative estimate of drug-likeness (QED) is 0.508. The second-order valence-corrected chi connectivity index (χ2v) is 5.79. The summed E-state index contributed by atoms with van der Waals surface area (Å²) in [4.78, 5) is 0. The van der Waals surface area contributed by atoms with Gasteiger partial charge in [0.15, 0.2) is 0 Å². The Morgan fingerprint density at radius 2 is 2.08 bits per heavy atom. The molecule has 0 N–H and O–H groups in total. The summed E-state index contributed by atoms with van der Waals surface area (Å²) in [6.07, 6.45) is 2.09. The minimum Gasteiger partial charge on any atom is -0.263 e. The van der Waals surface area contributed by atoms with Crippen molar-refractivity contribution < 1.29 is 12.6 Å². The molecule has 1 heterocycles. The van der Waals surface area contributed by atoms with Crippen LogP contribution < -0.4 is 0 Å². The molecule has 13 heavy (non-hydrogen) atoms. The van der Waals surface area contributed by atoms with Gasteiger partial charge in [-0.15, -0.1) is 6.58 Å². The zero-order chi connectivity index (χ0) is 10.3. The Morgan fingerprint density at radius 3 is 2.38 bits per heavy atom. The Hall–Kier alpha value is -0.350. The highest BCUT2D eigenvalue weighted by atomic mass is 32.2. The third-order valence-electron chi connectivity index (χ3n) is 2.75. The van der Waals surface area contributed by atoms with E-state index in [2.05, 4.69) is 6.58 Å². The van der Waals surface area contributed by atoms with E-state index in [1.54, 1.807) is 19.9 Å². The van der Waals surface area contributed by atoms with Crippen molar-refractivity contribution in [2.75, 3.05) is 0 Å². The van der Waals surface area contributed by atoms with Gasteiger partial charge in [-0.05, 0) is 20.3 Å². The molecule has 1 fully saturated rings. The van der Waals surface area contributed by atoms with Gasteiger partial charge in [0.1, 0.15) is 0 Å². The summed E-state index contributed by atoms with van der Waals surface area (Å²) >= 11 is 0. The molecule has 0 aliphatic carbocycles. The van der Waals surface area contributed by atoms with Crippen LogP contribution in [0, 0.1) is 5.92 Å². The second kappa shape index (κ2) is 3.10. The minimum atomic E-state index is -3.38. The lowest BCUT2D eigenvalue weighted by atomic mass is 9.89. The van der Waals surface area contributed by atoms with E-state index < -0.39 is 21.0 Å². The van der Waals surface area contributed by atoms with Gasteiger partial charge >= 0.3 is 0 Å². The molecule has 1 rings (SSSR count). The summed E-state index contributed by atoms with van der Waals surface area (Å²) in [7, 11) is -3.38. The summed E-state index contributed by atoms with van der Waals surface area (Å²) in [6.45, 7) is 9.06. The summed E-state index contributed by atoms with van der Waals surface area (Å²) in [5.74, 6) is 0.00972. The summed E-state index contributed by atoms with van der Waals surface area (Å²) in [5, 5.41) is -0.431. The van der Waals surface area contributed by atoms with Crippen molar-refractivity contribution in [1.82, 2.24) is 0 Å². The standard InChI is InChI=1S/C9H16O3S/c1-5-6-8-7(2)9(3,4)12-13(8,10)11/h5,7-8H,1,6H2,2-4H3. The van der Waals surface area contributed by atoms with Gasteiger partial charge in [0.05, 0.1) is 10.9 Å². The molecule has 0 aromatic carbocycles. The zero-order valence-electron chi connectivity index (χ0n) is 8.28. The fourth-order valence-corrected chi connectivity index (χ4v) is 3.69. The Bertz CT molecular complexity index is 303. The molecule has 0 amide bonds. The van der Waals surface area contributed by atoms with E-state index >= 15 is 0 Å². The maximum atomic E-state index is 11.5. The highest BCUT2D eigenvalue weighted by Crippen LogP contribution is 2.39. The molecular formula is C9H16O3S. The maximum Gasteiger partial charge on any atom is 0.271 e. The van der Waals surface area contributed by atoms with Gasteiger partial charge in [-0.2, -0.15) is 8.42 Å². The highest BCUT2D eigenvalue weighted by Gasteiger charge is 2.50. The van der Waals surface area contributed by atoms with Crippen molar-refractivity contribution in [2.24, 2.45) is 5.92 Å². The van der Waals surface area contributed by atoms with E-state index in [0.717, 1.165) is 0 Å². The van der Waals surface area contributed by atoms with E-state index in [4.69, 9.17) is 4.18 Å². The van der Waals surface area contributed by atoms with E-state index in [0.29, 0.717) is 6.42 Å². The maximum absolute atomic E-state index is 11.5. The fraction of sp³-hybridized carbons (Fsp3) is 0.778. The molecule has 1 saturated heterocycles. The average Bonchev–Trinajstić information content (AvgIpc) is 2.09. The number of rotatable bonds is 2. The Labute approximate surface area is 79.9 Å². The third-order valence-corrected chi connectivity index (χ3v) is 4.76. The van der Waals surface area contributed by atoms with Crippen LogP contribution in [0.2, 0.25) is 0 Å². The molecule has 1 aliphatic heterocycles. The van der Waals surface area contributed by atoms with Gasteiger partial charge in [0.2, 0.25) is 0 Å². The molecule has 0 radical (unpaired) electrons. The molecule has 0 spiro atoms. The van der Waals surface area contributed by atoms with Crippen LogP contribution in [0.15, 0.2) is 12.7 Å². The zero-order valence-corrected chi connectivity index (χ0v) is 9.10. The molecule has 0 aromatic heterocycles. The predicted molar refractivity (Wildman–Crippen MR) is 51.8 cm³/mol. The van der Waals surface area contributed by atoms with Crippen molar-refractivity contribution >= 4 is 10.1 Å². The van der Waals surface area contributed by atoms with Gasteiger partial charge in [0.25, 0.3) is 10.1 Å². The predicted octanol–water partition coefficient (Wildman–Crippen LogP) is 1.71. The number of hydrogen-bond donors (Lipinski definition) is 0. The second-order valence-electron chi connectivity index (χ2n) is 4.03. The lowest BCUT2D eigenvalue weighted by molar-refractivity contribution is 0.0952. The monoisotopic (exact) mass is 204 g/mol. The van der Waals surface area contributed by atoms with Crippen LogP contribution in [0.1, 0.15) is 27.2 Å². The van der Waals surface area contributed by atoms with Crippen LogP contribution in [-0.2, 0) is 14.3 Å². The first kappa shape index (κ1) is 10.7. The molecule has 4 heteroatoms. The van der Waals surface area contributed by atoms with Gasteiger partial charge in [-0.3, -0.25) is 4.18 Å². The summed E-state index contributed by atoms with van der Waals surface area (Å²) in [5.41, 5.74) is -0.577. The third kappa shape index (κ3) is 1.79. The van der Waals surface area contributed by atoms with E-state index in [9.17, 15) is 8.42 Å². The Kier molecular flexibility index (Phi) is 2.56. The van der Waals surface area contributed by atoms with Crippen molar-refractivity contribution in [3.63, 3.8) is 0 Å². The summed E-state index contributed by atoms with van der Waals surface area (Å²) in [6, 6.07) is 0. The van der Waals surface area contributed by atoms with Crippen molar-refractivity contribution in [3.8, 4) is 0 Å². The fourth-order valence-electron chi connectivity index (χ4n) is 1.62. The molecule has 76 valence electrons. The molecular weight excluding hydrogens is 188 g/mol. The van der Waals surface area contributed by atoms with E-state index in [1.165, 1.54) is 0 Å². The van der Waals surface area contributed by atoms with E-state index in [-0.39, 0.29) is 5.92 Å². The number of allylic oxidation sites excluding steroid dienone is 1. The molecule has 0 saturated carbocycles. The first-order chi connectivity index (χ1) is 5.81. The minimum absolute atomic E-state index is 0.00972. The van der Waals surface area contributed by atoms with Crippen LogP contribution in [0.5, 0.6) is 0 Å². The van der Waals surface area contributed by atoms with Gasteiger partial charge in [0, 0.05) is 5.92 Å². The normalized spacial score (nSPS) is 35.9.